The predicted molar refractivity (Wildman–Crippen MR) is 83.3 cm³/mol. The van der Waals surface area contributed by atoms with Crippen LogP contribution in [0.25, 0.3) is 11.1 Å². The fourth-order valence-corrected chi connectivity index (χ4v) is 2.54. The summed E-state index contributed by atoms with van der Waals surface area (Å²) in [5.41, 5.74) is 10.7. The molecule has 100 valence electrons. The number of halogens is 1. The summed E-state index contributed by atoms with van der Waals surface area (Å²) in [6.07, 6.45) is 1.10. The molecule has 0 saturated carbocycles. The van der Waals surface area contributed by atoms with Crippen molar-refractivity contribution in [2.75, 3.05) is 0 Å². The van der Waals surface area contributed by atoms with E-state index >= 15 is 0 Å². The van der Waals surface area contributed by atoms with Gasteiger partial charge in [0.15, 0.2) is 0 Å². The zero-order valence-corrected chi connectivity index (χ0v) is 12.2. The second-order valence-electron chi connectivity index (χ2n) is 5.30. The van der Waals surface area contributed by atoms with Gasteiger partial charge in [-0.3, -0.25) is 0 Å². The quantitative estimate of drug-likeness (QED) is 0.861. The minimum absolute atomic E-state index is 0.504. The average molecular weight is 274 g/mol. The van der Waals surface area contributed by atoms with Gasteiger partial charge in [-0.2, -0.15) is 0 Å². The maximum absolute atomic E-state index is 6.03. The number of rotatable bonds is 4. The van der Waals surface area contributed by atoms with Crippen molar-refractivity contribution in [2.45, 2.75) is 26.8 Å². The Morgan fingerprint density at radius 1 is 1.11 bits per heavy atom. The third-order valence-electron chi connectivity index (χ3n) is 3.17. The molecule has 0 radical (unpaired) electrons. The molecule has 0 aromatic heterocycles. The second kappa shape index (κ2) is 6.23. The van der Waals surface area contributed by atoms with Gasteiger partial charge in [-0.15, -0.1) is 0 Å². The van der Waals surface area contributed by atoms with E-state index in [-0.39, 0.29) is 0 Å². The smallest absolute Gasteiger partial charge is 0.0409 e. The molecule has 1 nitrogen and oxygen atoms in total. The SMILES string of the molecule is CC(C)Cc1cccc(-c2ccc(Cl)cc2CN)c1. The molecule has 2 N–H and O–H groups in total. The first-order valence-corrected chi connectivity index (χ1v) is 7.05. The van der Waals surface area contributed by atoms with E-state index in [1.165, 1.54) is 16.7 Å². The summed E-state index contributed by atoms with van der Waals surface area (Å²) in [5, 5.41) is 0.738. The van der Waals surface area contributed by atoms with Crippen molar-refractivity contribution in [3.63, 3.8) is 0 Å². The lowest BCUT2D eigenvalue weighted by molar-refractivity contribution is 0.647. The normalized spacial score (nSPS) is 11.0. The van der Waals surface area contributed by atoms with E-state index in [2.05, 4.69) is 44.2 Å². The van der Waals surface area contributed by atoms with Gasteiger partial charge in [-0.25, -0.2) is 0 Å². The zero-order chi connectivity index (χ0) is 13.8. The minimum atomic E-state index is 0.504. The van der Waals surface area contributed by atoms with Crippen LogP contribution in [0, 0.1) is 5.92 Å². The molecule has 0 saturated heterocycles. The molecule has 19 heavy (non-hydrogen) atoms. The molecular formula is C17H20ClN. The fourth-order valence-electron chi connectivity index (χ4n) is 2.35. The molecule has 0 atom stereocenters. The van der Waals surface area contributed by atoms with E-state index in [0.29, 0.717) is 12.5 Å². The van der Waals surface area contributed by atoms with Crippen molar-refractivity contribution in [1.82, 2.24) is 0 Å². The van der Waals surface area contributed by atoms with Crippen molar-refractivity contribution >= 4 is 11.6 Å². The maximum Gasteiger partial charge on any atom is 0.0409 e. The van der Waals surface area contributed by atoms with E-state index in [9.17, 15) is 0 Å². The Labute approximate surface area is 120 Å². The lowest BCUT2D eigenvalue weighted by atomic mass is 9.95. The molecule has 0 aliphatic rings. The van der Waals surface area contributed by atoms with Crippen LogP contribution in [0.3, 0.4) is 0 Å². The van der Waals surface area contributed by atoms with Gasteiger partial charge in [0.25, 0.3) is 0 Å². The van der Waals surface area contributed by atoms with Crippen LogP contribution < -0.4 is 5.73 Å². The molecule has 0 heterocycles. The molecule has 2 heteroatoms. The number of nitrogens with two attached hydrogens (primary N) is 1. The lowest BCUT2D eigenvalue weighted by Crippen LogP contribution is -1.99. The summed E-state index contributed by atoms with van der Waals surface area (Å²) in [4.78, 5) is 0. The number of hydrogen-bond donors (Lipinski definition) is 1. The Morgan fingerprint density at radius 3 is 2.58 bits per heavy atom. The molecule has 0 aliphatic heterocycles. The minimum Gasteiger partial charge on any atom is -0.326 e. The molecule has 0 fully saturated rings. The van der Waals surface area contributed by atoms with Crippen LogP contribution in [0.1, 0.15) is 25.0 Å². The van der Waals surface area contributed by atoms with Gasteiger partial charge in [-0.1, -0.05) is 55.8 Å². The summed E-state index contributed by atoms with van der Waals surface area (Å²) in [7, 11) is 0. The Bertz CT molecular complexity index is 561. The molecule has 0 unspecified atom stereocenters. The third kappa shape index (κ3) is 3.59. The van der Waals surface area contributed by atoms with Gasteiger partial charge in [-0.05, 0) is 46.7 Å². The average Bonchev–Trinajstić information content (AvgIpc) is 2.38. The van der Waals surface area contributed by atoms with Gasteiger partial charge in [0.2, 0.25) is 0 Å². The predicted octanol–water partition coefficient (Wildman–Crippen LogP) is 4.66. The van der Waals surface area contributed by atoms with E-state index in [1.807, 2.05) is 12.1 Å². The monoisotopic (exact) mass is 273 g/mol. The van der Waals surface area contributed by atoms with Crippen LogP contribution >= 0.6 is 11.6 Å². The summed E-state index contributed by atoms with van der Waals surface area (Å²) in [6.45, 7) is 4.98. The molecule has 0 bridgehead atoms. The van der Waals surface area contributed by atoms with E-state index in [4.69, 9.17) is 17.3 Å². The highest BCUT2D eigenvalue weighted by Gasteiger charge is 2.06. The van der Waals surface area contributed by atoms with Crippen LogP contribution in [-0.2, 0) is 13.0 Å². The van der Waals surface area contributed by atoms with Gasteiger partial charge in [0.05, 0.1) is 0 Å². The fraction of sp³-hybridized carbons (Fsp3) is 0.294. The van der Waals surface area contributed by atoms with Crippen molar-refractivity contribution in [2.24, 2.45) is 11.7 Å². The zero-order valence-electron chi connectivity index (χ0n) is 11.5. The Morgan fingerprint density at radius 2 is 1.89 bits per heavy atom. The molecule has 2 rings (SSSR count). The molecule has 0 amide bonds. The van der Waals surface area contributed by atoms with Crippen LogP contribution in [-0.4, -0.2) is 0 Å². The highest BCUT2D eigenvalue weighted by Crippen LogP contribution is 2.27. The van der Waals surface area contributed by atoms with Gasteiger partial charge < -0.3 is 5.73 Å². The largest absolute Gasteiger partial charge is 0.326 e. The third-order valence-corrected chi connectivity index (χ3v) is 3.40. The molecule has 0 spiro atoms. The first kappa shape index (κ1) is 14.1. The van der Waals surface area contributed by atoms with Crippen LogP contribution in [0.5, 0.6) is 0 Å². The van der Waals surface area contributed by atoms with Crippen molar-refractivity contribution in [3.05, 3.63) is 58.6 Å². The van der Waals surface area contributed by atoms with Gasteiger partial charge in [0, 0.05) is 11.6 Å². The van der Waals surface area contributed by atoms with Gasteiger partial charge in [0.1, 0.15) is 0 Å². The maximum atomic E-state index is 6.03. The highest BCUT2D eigenvalue weighted by atomic mass is 35.5. The van der Waals surface area contributed by atoms with Crippen molar-refractivity contribution in [3.8, 4) is 11.1 Å². The van der Waals surface area contributed by atoms with Crippen LogP contribution in [0.4, 0.5) is 0 Å². The molecule has 2 aromatic rings. The highest BCUT2D eigenvalue weighted by molar-refractivity contribution is 6.30. The topological polar surface area (TPSA) is 26.0 Å². The molecule has 0 aliphatic carbocycles. The summed E-state index contributed by atoms with van der Waals surface area (Å²) in [6, 6.07) is 14.6. The number of hydrogen-bond acceptors (Lipinski definition) is 1. The van der Waals surface area contributed by atoms with E-state index in [0.717, 1.165) is 17.0 Å². The summed E-state index contributed by atoms with van der Waals surface area (Å²) < 4.78 is 0. The molecular weight excluding hydrogens is 254 g/mol. The van der Waals surface area contributed by atoms with E-state index in [1.54, 1.807) is 0 Å². The number of benzene rings is 2. The van der Waals surface area contributed by atoms with Crippen molar-refractivity contribution in [1.29, 1.82) is 0 Å². The van der Waals surface area contributed by atoms with E-state index < -0.39 is 0 Å². The molecule has 2 aromatic carbocycles. The Hall–Kier alpha value is -1.31. The first-order chi connectivity index (χ1) is 9.10. The van der Waals surface area contributed by atoms with Gasteiger partial charge >= 0.3 is 0 Å². The Balaban J connectivity index is 2.41. The van der Waals surface area contributed by atoms with Crippen LogP contribution in [0.15, 0.2) is 42.5 Å². The summed E-state index contributed by atoms with van der Waals surface area (Å²) >= 11 is 6.03. The van der Waals surface area contributed by atoms with Crippen molar-refractivity contribution < 1.29 is 0 Å². The van der Waals surface area contributed by atoms with Crippen LogP contribution in [0.2, 0.25) is 5.02 Å². The lowest BCUT2D eigenvalue weighted by Gasteiger charge is -2.11. The summed E-state index contributed by atoms with van der Waals surface area (Å²) in [5.74, 6) is 0.662. The Kier molecular flexibility index (Phi) is 4.62. The second-order valence-corrected chi connectivity index (χ2v) is 5.74. The first-order valence-electron chi connectivity index (χ1n) is 6.68. The standard InChI is InChI=1S/C17H20ClN/c1-12(2)8-13-4-3-5-14(9-13)17-7-6-16(18)10-15(17)11-19/h3-7,9-10,12H,8,11,19H2,1-2H3.